The van der Waals surface area contributed by atoms with Gasteiger partial charge in [0.15, 0.2) is 0 Å². The van der Waals surface area contributed by atoms with Crippen LogP contribution in [0.4, 0.5) is 0 Å². The lowest BCUT2D eigenvalue weighted by molar-refractivity contribution is 0.0463. The van der Waals surface area contributed by atoms with Crippen LogP contribution in [0, 0.1) is 17.8 Å². The smallest absolute Gasteiger partial charge is 0.125 e. The van der Waals surface area contributed by atoms with Crippen LogP contribution >= 0.6 is 0 Å². The average molecular weight is 254 g/mol. The fourth-order valence-electron chi connectivity index (χ4n) is 1.63. The summed E-state index contributed by atoms with van der Waals surface area (Å²) in [5.41, 5.74) is -1.34. The van der Waals surface area contributed by atoms with Gasteiger partial charge in [-0.25, -0.2) is 0 Å². The molecule has 18 heavy (non-hydrogen) atoms. The lowest BCUT2D eigenvalue weighted by Gasteiger charge is -2.23. The molecule has 0 aromatic carbocycles. The zero-order valence-corrected chi connectivity index (χ0v) is 13.0. The van der Waals surface area contributed by atoms with Gasteiger partial charge in [-0.2, -0.15) is 0 Å². The molecule has 0 rings (SSSR count). The fraction of sp³-hybridized carbons (Fsp3) is 0.875. The molecule has 0 aliphatic rings. The number of rotatable bonds is 7. The number of hydrogen-bond donors (Lipinski definition) is 1. The molecule has 0 saturated carbocycles. The van der Waals surface area contributed by atoms with Gasteiger partial charge in [0.1, 0.15) is 11.2 Å². The molecule has 0 aliphatic heterocycles. The molecule has 0 aromatic rings. The van der Waals surface area contributed by atoms with Crippen molar-refractivity contribution in [2.45, 2.75) is 77.9 Å². The SMILES string of the molecule is CCCCC(C)(C#CC(C)(O)CCC(C)C)OC. The third-order valence-corrected chi connectivity index (χ3v) is 3.26. The highest BCUT2D eigenvalue weighted by Crippen LogP contribution is 2.19. The maximum absolute atomic E-state index is 10.2. The number of aliphatic hydroxyl groups is 1. The molecule has 2 heteroatoms. The molecule has 0 aromatic heterocycles. The van der Waals surface area contributed by atoms with E-state index in [-0.39, 0.29) is 0 Å². The zero-order valence-electron chi connectivity index (χ0n) is 13.0. The van der Waals surface area contributed by atoms with E-state index in [1.165, 1.54) is 0 Å². The number of ether oxygens (including phenoxy) is 1. The van der Waals surface area contributed by atoms with Crippen molar-refractivity contribution in [2.75, 3.05) is 7.11 Å². The Bertz CT molecular complexity index is 283. The first kappa shape index (κ1) is 17.5. The summed E-state index contributed by atoms with van der Waals surface area (Å²) in [4.78, 5) is 0. The topological polar surface area (TPSA) is 29.5 Å². The highest BCUT2D eigenvalue weighted by atomic mass is 16.5. The van der Waals surface area contributed by atoms with Crippen molar-refractivity contribution < 1.29 is 9.84 Å². The first-order chi connectivity index (χ1) is 8.24. The molecule has 0 radical (unpaired) electrons. The molecule has 0 heterocycles. The van der Waals surface area contributed by atoms with E-state index in [1.807, 2.05) is 6.92 Å². The molecular formula is C16H30O2. The van der Waals surface area contributed by atoms with E-state index < -0.39 is 11.2 Å². The molecule has 106 valence electrons. The first-order valence-corrected chi connectivity index (χ1v) is 7.06. The van der Waals surface area contributed by atoms with E-state index in [9.17, 15) is 5.11 Å². The minimum absolute atomic E-state index is 0.433. The highest BCUT2D eigenvalue weighted by molar-refractivity contribution is 5.19. The summed E-state index contributed by atoms with van der Waals surface area (Å²) in [6, 6.07) is 0. The third-order valence-electron chi connectivity index (χ3n) is 3.26. The second-order valence-electron chi connectivity index (χ2n) is 5.99. The highest BCUT2D eigenvalue weighted by Gasteiger charge is 2.22. The second-order valence-corrected chi connectivity index (χ2v) is 5.99. The van der Waals surface area contributed by atoms with E-state index in [4.69, 9.17) is 4.74 Å². The fourth-order valence-corrected chi connectivity index (χ4v) is 1.63. The Morgan fingerprint density at radius 2 is 1.78 bits per heavy atom. The van der Waals surface area contributed by atoms with E-state index in [1.54, 1.807) is 14.0 Å². The first-order valence-electron chi connectivity index (χ1n) is 7.06. The summed E-state index contributed by atoms with van der Waals surface area (Å²) < 4.78 is 5.48. The molecule has 2 atom stereocenters. The van der Waals surface area contributed by atoms with Crippen LogP contribution in [0.2, 0.25) is 0 Å². The molecule has 0 amide bonds. The van der Waals surface area contributed by atoms with Crippen molar-refractivity contribution in [3.63, 3.8) is 0 Å². The summed E-state index contributed by atoms with van der Waals surface area (Å²) >= 11 is 0. The van der Waals surface area contributed by atoms with Crippen molar-refractivity contribution in [3.05, 3.63) is 0 Å². The van der Waals surface area contributed by atoms with E-state index >= 15 is 0 Å². The van der Waals surface area contributed by atoms with Gasteiger partial charge in [-0.05, 0) is 45.4 Å². The molecule has 0 saturated heterocycles. The van der Waals surface area contributed by atoms with Crippen molar-refractivity contribution in [3.8, 4) is 11.8 Å². The standard InChI is InChI=1S/C16H30O2/c1-7-8-10-16(5,18-6)13-12-15(4,17)11-9-14(2)3/h14,17H,7-11H2,1-6H3. The second kappa shape index (κ2) is 7.81. The van der Waals surface area contributed by atoms with Gasteiger partial charge in [0.05, 0.1) is 0 Å². The van der Waals surface area contributed by atoms with Crippen LogP contribution in [0.25, 0.3) is 0 Å². The summed E-state index contributed by atoms with van der Waals surface area (Å²) in [5.74, 6) is 6.71. The predicted octanol–water partition coefficient (Wildman–Crippen LogP) is 3.77. The van der Waals surface area contributed by atoms with Crippen LogP contribution in [0.3, 0.4) is 0 Å². The minimum atomic E-state index is -0.906. The molecular weight excluding hydrogens is 224 g/mol. The number of unbranched alkanes of at least 4 members (excludes halogenated alkanes) is 1. The zero-order chi connectivity index (χ0) is 14.2. The van der Waals surface area contributed by atoms with E-state index in [2.05, 4.69) is 32.6 Å². The Morgan fingerprint density at radius 1 is 1.17 bits per heavy atom. The average Bonchev–Trinajstić information content (AvgIpc) is 2.32. The van der Waals surface area contributed by atoms with Crippen LogP contribution in [0.5, 0.6) is 0 Å². The summed E-state index contributed by atoms with van der Waals surface area (Å²) in [5, 5.41) is 10.2. The maximum Gasteiger partial charge on any atom is 0.125 e. The summed E-state index contributed by atoms with van der Waals surface area (Å²) in [6.07, 6.45) is 4.83. The molecule has 1 N–H and O–H groups in total. The maximum atomic E-state index is 10.2. The molecule has 0 fully saturated rings. The normalized spacial score (nSPS) is 17.8. The van der Waals surface area contributed by atoms with Crippen molar-refractivity contribution in [1.29, 1.82) is 0 Å². The third kappa shape index (κ3) is 7.74. The Kier molecular flexibility index (Phi) is 7.59. The quantitative estimate of drug-likeness (QED) is 0.701. The number of hydrogen-bond acceptors (Lipinski definition) is 2. The summed E-state index contributed by atoms with van der Waals surface area (Å²) in [6.45, 7) is 10.3. The molecule has 0 spiro atoms. The van der Waals surface area contributed by atoms with Gasteiger partial charge in [-0.3, -0.25) is 0 Å². The Hall–Kier alpha value is -0.520. The van der Waals surface area contributed by atoms with Crippen LogP contribution in [-0.2, 0) is 4.74 Å². The van der Waals surface area contributed by atoms with Gasteiger partial charge in [0.25, 0.3) is 0 Å². The largest absolute Gasteiger partial charge is 0.378 e. The van der Waals surface area contributed by atoms with Crippen LogP contribution in [0.15, 0.2) is 0 Å². The van der Waals surface area contributed by atoms with Crippen LogP contribution in [-0.4, -0.2) is 23.4 Å². The van der Waals surface area contributed by atoms with Crippen LogP contribution < -0.4 is 0 Å². The van der Waals surface area contributed by atoms with Gasteiger partial charge in [0, 0.05) is 7.11 Å². The molecule has 0 aliphatic carbocycles. The Labute approximate surface area is 113 Å². The molecule has 0 bridgehead atoms. The minimum Gasteiger partial charge on any atom is -0.378 e. The monoisotopic (exact) mass is 254 g/mol. The van der Waals surface area contributed by atoms with E-state index in [0.717, 1.165) is 25.7 Å². The van der Waals surface area contributed by atoms with Gasteiger partial charge < -0.3 is 9.84 Å². The van der Waals surface area contributed by atoms with Gasteiger partial charge in [0.2, 0.25) is 0 Å². The predicted molar refractivity (Wildman–Crippen MR) is 77.4 cm³/mol. The van der Waals surface area contributed by atoms with Gasteiger partial charge in [-0.15, -0.1) is 0 Å². The number of methoxy groups -OCH3 is 1. The molecule has 2 nitrogen and oxygen atoms in total. The van der Waals surface area contributed by atoms with Crippen molar-refractivity contribution in [2.24, 2.45) is 5.92 Å². The lowest BCUT2D eigenvalue weighted by Crippen LogP contribution is -2.28. The summed E-state index contributed by atoms with van der Waals surface area (Å²) in [7, 11) is 1.69. The van der Waals surface area contributed by atoms with Gasteiger partial charge >= 0.3 is 0 Å². The van der Waals surface area contributed by atoms with Gasteiger partial charge in [-0.1, -0.05) is 39.0 Å². The Morgan fingerprint density at radius 3 is 2.22 bits per heavy atom. The molecule has 2 unspecified atom stereocenters. The van der Waals surface area contributed by atoms with Crippen molar-refractivity contribution >= 4 is 0 Å². The van der Waals surface area contributed by atoms with Crippen LogP contribution in [0.1, 0.15) is 66.7 Å². The lowest BCUT2D eigenvalue weighted by atomic mass is 9.93. The van der Waals surface area contributed by atoms with E-state index in [0.29, 0.717) is 12.3 Å². The van der Waals surface area contributed by atoms with Crippen molar-refractivity contribution in [1.82, 2.24) is 0 Å². The Balaban J connectivity index is 4.57.